The second-order valence-electron chi connectivity index (χ2n) is 7.48. The van der Waals surface area contributed by atoms with Crippen LogP contribution < -0.4 is 10.6 Å². The highest BCUT2D eigenvalue weighted by Crippen LogP contribution is 2.37. The number of nitrogens with one attached hydrogen (secondary N) is 2. The summed E-state index contributed by atoms with van der Waals surface area (Å²) in [5.74, 6) is 0.790. The van der Waals surface area contributed by atoms with Gasteiger partial charge in [-0.25, -0.2) is 0 Å². The number of likely N-dealkylation sites (tertiary alicyclic amines) is 1. The summed E-state index contributed by atoms with van der Waals surface area (Å²) >= 11 is 0. The standard InChI is InChI=1S/C20H25N5O/c1-15-5-6-18(24-23-15)22-17-4-2-3-16(13-17)19(26)25-11-8-20(9-12-25)7-10-21-14-20/h2-6,13,21H,7-12,14H2,1H3,(H,22,24). The van der Waals surface area contributed by atoms with E-state index in [4.69, 9.17) is 0 Å². The minimum Gasteiger partial charge on any atom is -0.339 e. The van der Waals surface area contributed by atoms with E-state index in [0.717, 1.165) is 56.0 Å². The molecule has 0 bridgehead atoms. The first-order chi connectivity index (χ1) is 12.6. The number of hydrogen-bond donors (Lipinski definition) is 2. The Morgan fingerprint density at radius 2 is 2.00 bits per heavy atom. The first kappa shape index (κ1) is 17.0. The van der Waals surface area contributed by atoms with Gasteiger partial charge in [0.15, 0.2) is 5.82 Å². The predicted molar refractivity (Wildman–Crippen MR) is 102 cm³/mol. The fourth-order valence-electron chi connectivity index (χ4n) is 3.93. The molecule has 0 saturated carbocycles. The maximum Gasteiger partial charge on any atom is 0.253 e. The summed E-state index contributed by atoms with van der Waals surface area (Å²) in [6.07, 6.45) is 3.44. The second-order valence-corrected chi connectivity index (χ2v) is 7.48. The zero-order valence-corrected chi connectivity index (χ0v) is 15.2. The van der Waals surface area contributed by atoms with Crippen molar-refractivity contribution in [3.05, 3.63) is 47.7 Å². The molecule has 0 unspecified atom stereocenters. The fourth-order valence-corrected chi connectivity index (χ4v) is 3.93. The molecule has 2 N–H and O–H groups in total. The van der Waals surface area contributed by atoms with Crippen molar-refractivity contribution in [3.63, 3.8) is 0 Å². The van der Waals surface area contributed by atoms with Crippen LogP contribution in [0.15, 0.2) is 36.4 Å². The molecule has 2 saturated heterocycles. The van der Waals surface area contributed by atoms with Crippen molar-refractivity contribution < 1.29 is 4.79 Å². The third-order valence-electron chi connectivity index (χ3n) is 5.62. The third kappa shape index (κ3) is 3.55. The molecular formula is C20H25N5O. The zero-order valence-electron chi connectivity index (χ0n) is 15.2. The summed E-state index contributed by atoms with van der Waals surface area (Å²) in [5, 5.41) is 14.9. The monoisotopic (exact) mass is 351 g/mol. The third-order valence-corrected chi connectivity index (χ3v) is 5.62. The maximum absolute atomic E-state index is 12.9. The normalized spacial score (nSPS) is 18.9. The number of aryl methyl sites for hydroxylation is 1. The van der Waals surface area contributed by atoms with Crippen molar-refractivity contribution in [3.8, 4) is 0 Å². The molecule has 2 aliphatic heterocycles. The molecule has 2 fully saturated rings. The van der Waals surface area contributed by atoms with Crippen LogP contribution in [0.2, 0.25) is 0 Å². The van der Waals surface area contributed by atoms with E-state index in [-0.39, 0.29) is 5.91 Å². The summed E-state index contributed by atoms with van der Waals surface area (Å²) in [7, 11) is 0. The summed E-state index contributed by atoms with van der Waals surface area (Å²) in [6.45, 7) is 5.82. The Morgan fingerprint density at radius 3 is 2.69 bits per heavy atom. The van der Waals surface area contributed by atoms with Gasteiger partial charge < -0.3 is 15.5 Å². The lowest BCUT2D eigenvalue weighted by molar-refractivity contribution is 0.0608. The lowest BCUT2D eigenvalue weighted by Gasteiger charge is -2.39. The number of aromatic nitrogens is 2. The van der Waals surface area contributed by atoms with Crippen molar-refractivity contribution >= 4 is 17.4 Å². The molecule has 1 amide bonds. The molecule has 3 heterocycles. The van der Waals surface area contributed by atoms with Gasteiger partial charge in [0.05, 0.1) is 5.69 Å². The van der Waals surface area contributed by atoms with Crippen LogP contribution in [0.5, 0.6) is 0 Å². The molecule has 6 nitrogen and oxygen atoms in total. The Balaban J connectivity index is 1.42. The number of carbonyl (C=O) groups is 1. The van der Waals surface area contributed by atoms with Crippen LogP contribution in [-0.2, 0) is 0 Å². The Kier molecular flexibility index (Phi) is 4.59. The van der Waals surface area contributed by atoms with E-state index < -0.39 is 0 Å². The van der Waals surface area contributed by atoms with E-state index in [0.29, 0.717) is 11.2 Å². The number of anilines is 2. The number of nitrogens with zero attached hydrogens (tertiary/aromatic N) is 3. The minimum atomic E-state index is 0.115. The molecule has 1 aromatic heterocycles. The van der Waals surface area contributed by atoms with Crippen LogP contribution in [0.25, 0.3) is 0 Å². The zero-order chi connectivity index (χ0) is 18.0. The van der Waals surface area contributed by atoms with Crippen LogP contribution in [0.3, 0.4) is 0 Å². The Bertz CT molecular complexity index is 773. The van der Waals surface area contributed by atoms with Crippen molar-refractivity contribution in [2.45, 2.75) is 26.2 Å². The maximum atomic E-state index is 12.9. The highest BCUT2D eigenvalue weighted by molar-refractivity contribution is 5.95. The van der Waals surface area contributed by atoms with Crippen LogP contribution in [0.1, 0.15) is 35.3 Å². The van der Waals surface area contributed by atoms with E-state index in [1.807, 2.05) is 48.2 Å². The Hall–Kier alpha value is -2.47. The topological polar surface area (TPSA) is 70.2 Å². The van der Waals surface area contributed by atoms with E-state index >= 15 is 0 Å². The van der Waals surface area contributed by atoms with Gasteiger partial charge in [-0.3, -0.25) is 4.79 Å². The van der Waals surface area contributed by atoms with Crippen molar-refractivity contribution in [1.29, 1.82) is 0 Å². The first-order valence-corrected chi connectivity index (χ1v) is 9.31. The van der Waals surface area contributed by atoms with Gasteiger partial charge in [0, 0.05) is 30.9 Å². The van der Waals surface area contributed by atoms with E-state index in [9.17, 15) is 4.79 Å². The quantitative estimate of drug-likeness (QED) is 0.890. The van der Waals surface area contributed by atoms with E-state index in [1.54, 1.807) is 0 Å². The van der Waals surface area contributed by atoms with Crippen LogP contribution in [0.4, 0.5) is 11.5 Å². The Labute approximate surface area is 154 Å². The molecule has 4 rings (SSSR count). The molecule has 2 aromatic rings. The summed E-state index contributed by atoms with van der Waals surface area (Å²) in [4.78, 5) is 14.9. The predicted octanol–water partition coefficient (Wildman–Crippen LogP) is 2.74. The highest BCUT2D eigenvalue weighted by atomic mass is 16.2. The molecule has 2 aliphatic rings. The van der Waals surface area contributed by atoms with Gasteiger partial charge in [0.1, 0.15) is 0 Å². The molecular weight excluding hydrogens is 326 g/mol. The van der Waals surface area contributed by atoms with Crippen molar-refractivity contribution in [2.24, 2.45) is 5.41 Å². The highest BCUT2D eigenvalue weighted by Gasteiger charge is 2.38. The van der Waals surface area contributed by atoms with Gasteiger partial charge in [-0.1, -0.05) is 6.07 Å². The number of carbonyl (C=O) groups excluding carboxylic acids is 1. The van der Waals surface area contributed by atoms with E-state index in [1.165, 1.54) is 6.42 Å². The van der Waals surface area contributed by atoms with Gasteiger partial charge in [0.2, 0.25) is 0 Å². The lowest BCUT2D eigenvalue weighted by atomic mass is 9.78. The number of rotatable bonds is 3. The van der Waals surface area contributed by atoms with Gasteiger partial charge in [-0.2, -0.15) is 5.10 Å². The SMILES string of the molecule is Cc1ccc(Nc2cccc(C(=O)N3CCC4(CCNC4)CC3)c2)nn1. The molecule has 1 aromatic carbocycles. The molecule has 6 heteroatoms. The van der Waals surface area contributed by atoms with Gasteiger partial charge in [-0.15, -0.1) is 5.10 Å². The van der Waals surface area contributed by atoms with Crippen LogP contribution in [-0.4, -0.2) is 47.2 Å². The Morgan fingerprint density at radius 1 is 1.15 bits per heavy atom. The lowest BCUT2D eigenvalue weighted by Crippen LogP contribution is -2.44. The molecule has 26 heavy (non-hydrogen) atoms. The summed E-state index contributed by atoms with van der Waals surface area (Å²) in [6, 6.07) is 11.4. The average Bonchev–Trinajstić information content (AvgIpc) is 3.12. The van der Waals surface area contributed by atoms with Gasteiger partial charge in [-0.05, 0) is 68.5 Å². The van der Waals surface area contributed by atoms with Crippen molar-refractivity contribution in [1.82, 2.24) is 20.4 Å². The van der Waals surface area contributed by atoms with Crippen LogP contribution in [0, 0.1) is 12.3 Å². The molecule has 0 radical (unpaired) electrons. The number of benzene rings is 1. The molecule has 1 spiro atoms. The largest absolute Gasteiger partial charge is 0.339 e. The van der Waals surface area contributed by atoms with Crippen molar-refractivity contribution in [2.75, 3.05) is 31.5 Å². The average molecular weight is 351 g/mol. The molecule has 0 aliphatic carbocycles. The number of amides is 1. The number of piperidine rings is 1. The number of hydrogen-bond acceptors (Lipinski definition) is 5. The second kappa shape index (κ2) is 7.03. The summed E-state index contributed by atoms with van der Waals surface area (Å²) in [5.41, 5.74) is 2.86. The smallest absolute Gasteiger partial charge is 0.253 e. The first-order valence-electron chi connectivity index (χ1n) is 9.31. The molecule has 136 valence electrons. The van der Waals surface area contributed by atoms with Gasteiger partial charge in [0.25, 0.3) is 5.91 Å². The van der Waals surface area contributed by atoms with Crippen LogP contribution >= 0.6 is 0 Å². The van der Waals surface area contributed by atoms with Gasteiger partial charge >= 0.3 is 0 Å². The minimum absolute atomic E-state index is 0.115. The molecule has 0 atom stereocenters. The fraction of sp³-hybridized carbons (Fsp3) is 0.450. The van der Waals surface area contributed by atoms with E-state index in [2.05, 4.69) is 20.8 Å². The summed E-state index contributed by atoms with van der Waals surface area (Å²) < 4.78 is 0.